The van der Waals surface area contributed by atoms with Crippen LogP contribution in [0.3, 0.4) is 0 Å². The zero-order valence-electron chi connectivity index (χ0n) is 31.5. The molecule has 0 amide bonds. The van der Waals surface area contributed by atoms with E-state index >= 15 is 0 Å². The Balaban J connectivity index is 1.08. The summed E-state index contributed by atoms with van der Waals surface area (Å²) in [5.41, 5.74) is 14.6. The van der Waals surface area contributed by atoms with Crippen LogP contribution in [0.1, 0.15) is 22.3 Å². The van der Waals surface area contributed by atoms with Gasteiger partial charge in [0, 0.05) is 43.2 Å². The minimum Gasteiger partial charge on any atom is -0.455 e. The van der Waals surface area contributed by atoms with Gasteiger partial charge in [-0.3, -0.25) is 0 Å². The molecule has 0 fully saturated rings. The molecular weight excluding hydrogens is 723 g/mol. The molecule has 2 aromatic heterocycles. The van der Waals surface area contributed by atoms with Crippen molar-refractivity contribution in [3.8, 4) is 22.3 Å². The average molecular weight is 758 g/mol. The van der Waals surface area contributed by atoms with Crippen molar-refractivity contribution in [2.45, 2.75) is 5.41 Å². The summed E-state index contributed by atoms with van der Waals surface area (Å²) < 4.78 is 9.03. The first kappa shape index (κ1) is 33.0. The molecule has 0 N–H and O–H groups in total. The first-order chi connectivity index (χ1) is 28.8. The van der Waals surface area contributed by atoms with E-state index in [-0.39, 0.29) is 0 Å². The Hall–Kier alpha value is -7.20. The number of benzene rings is 9. The fraction of sp³-hybridized carbons (Fsp3) is 0.0182. The summed E-state index contributed by atoms with van der Waals surface area (Å²) in [5.74, 6) is 0. The standard InChI is InChI=1S/C55H35NOS/c1-3-15-37(16-4-1)55(38-17-5-2-6-18-38)48-25-10-7-19-42(48)47-35-40(33-34-49(47)55)56(50-26-14-24-46-44-21-9-12-28-52(44)58-54(46)50)39-31-29-36(30-32-39)41-22-13-23-45-43-20-8-11-27-51(43)57-53(41)45/h1-35H. The fourth-order valence-electron chi connectivity index (χ4n) is 9.68. The monoisotopic (exact) mass is 757 g/mol. The lowest BCUT2D eigenvalue weighted by Gasteiger charge is -2.34. The zero-order valence-corrected chi connectivity index (χ0v) is 32.3. The Morgan fingerprint density at radius 1 is 0.414 bits per heavy atom. The lowest BCUT2D eigenvalue weighted by atomic mass is 9.68. The van der Waals surface area contributed by atoms with Gasteiger partial charge >= 0.3 is 0 Å². The molecule has 2 heterocycles. The van der Waals surface area contributed by atoms with E-state index in [0.29, 0.717) is 0 Å². The maximum Gasteiger partial charge on any atom is 0.143 e. The van der Waals surface area contributed by atoms with Crippen LogP contribution in [-0.4, -0.2) is 0 Å². The van der Waals surface area contributed by atoms with Crippen LogP contribution in [0.5, 0.6) is 0 Å². The van der Waals surface area contributed by atoms with Crippen LogP contribution in [0.15, 0.2) is 217 Å². The zero-order chi connectivity index (χ0) is 38.2. The van der Waals surface area contributed by atoms with Gasteiger partial charge in [0.2, 0.25) is 0 Å². The third-order valence-electron chi connectivity index (χ3n) is 12.2. The van der Waals surface area contributed by atoms with Gasteiger partial charge in [-0.15, -0.1) is 11.3 Å². The van der Waals surface area contributed by atoms with Crippen LogP contribution in [-0.2, 0) is 5.41 Å². The molecule has 0 aliphatic heterocycles. The highest BCUT2D eigenvalue weighted by Crippen LogP contribution is 2.57. The molecule has 1 aliphatic rings. The molecule has 0 spiro atoms. The summed E-state index contributed by atoms with van der Waals surface area (Å²) in [7, 11) is 0. The van der Waals surface area contributed by atoms with Gasteiger partial charge in [-0.05, 0) is 81.4 Å². The normalized spacial score (nSPS) is 13.0. The van der Waals surface area contributed by atoms with Gasteiger partial charge in [0.15, 0.2) is 0 Å². The minimum absolute atomic E-state index is 0.456. The highest BCUT2D eigenvalue weighted by molar-refractivity contribution is 7.26. The molecule has 0 saturated carbocycles. The van der Waals surface area contributed by atoms with E-state index in [1.165, 1.54) is 53.6 Å². The first-order valence-corrected chi connectivity index (χ1v) is 20.7. The summed E-state index contributed by atoms with van der Waals surface area (Å²) in [4.78, 5) is 2.46. The smallest absolute Gasteiger partial charge is 0.143 e. The maximum absolute atomic E-state index is 6.47. The molecule has 0 unspecified atom stereocenters. The third-order valence-corrected chi connectivity index (χ3v) is 13.4. The largest absolute Gasteiger partial charge is 0.455 e. The predicted octanol–water partition coefficient (Wildman–Crippen LogP) is 15.5. The first-order valence-electron chi connectivity index (χ1n) is 19.8. The summed E-state index contributed by atoms with van der Waals surface area (Å²) in [6.07, 6.45) is 0. The van der Waals surface area contributed by atoms with Crippen molar-refractivity contribution in [3.63, 3.8) is 0 Å². The van der Waals surface area contributed by atoms with Crippen molar-refractivity contribution < 1.29 is 4.42 Å². The molecule has 0 saturated heterocycles. The second-order valence-electron chi connectivity index (χ2n) is 15.2. The number of hydrogen-bond donors (Lipinski definition) is 0. The molecule has 0 atom stereocenters. The number of hydrogen-bond acceptors (Lipinski definition) is 3. The molecule has 9 aromatic carbocycles. The summed E-state index contributed by atoms with van der Waals surface area (Å²) in [6.45, 7) is 0. The molecule has 58 heavy (non-hydrogen) atoms. The van der Waals surface area contributed by atoms with E-state index in [0.717, 1.165) is 50.1 Å². The molecule has 3 heteroatoms. The van der Waals surface area contributed by atoms with Gasteiger partial charge in [-0.2, -0.15) is 0 Å². The van der Waals surface area contributed by atoms with Crippen LogP contribution in [0.25, 0.3) is 64.4 Å². The third kappa shape index (κ3) is 4.78. The number of furan rings is 1. The van der Waals surface area contributed by atoms with Crippen LogP contribution in [0, 0.1) is 0 Å². The Morgan fingerprint density at radius 3 is 1.83 bits per heavy atom. The van der Waals surface area contributed by atoms with Crippen molar-refractivity contribution in [3.05, 3.63) is 235 Å². The van der Waals surface area contributed by atoms with Gasteiger partial charge in [-0.1, -0.05) is 170 Å². The highest BCUT2D eigenvalue weighted by Gasteiger charge is 2.46. The number of anilines is 3. The van der Waals surface area contributed by atoms with E-state index in [9.17, 15) is 0 Å². The molecule has 1 aliphatic carbocycles. The van der Waals surface area contributed by atoms with E-state index in [2.05, 4.69) is 205 Å². The Labute approximate surface area is 340 Å². The summed E-state index contributed by atoms with van der Waals surface area (Å²) in [6, 6.07) is 77.5. The Bertz CT molecular complexity index is 3300. The fourth-order valence-corrected chi connectivity index (χ4v) is 10.9. The van der Waals surface area contributed by atoms with E-state index in [1.807, 2.05) is 23.5 Å². The minimum atomic E-state index is -0.456. The second kappa shape index (κ2) is 12.9. The lowest BCUT2D eigenvalue weighted by molar-refractivity contribution is 0.670. The van der Waals surface area contributed by atoms with Crippen molar-refractivity contribution in [1.82, 2.24) is 0 Å². The molecule has 2 nitrogen and oxygen atoms in total. The van der Waals surface area contributed by atoms with E-state index in [4.69, 9.17) is 4.42 Å². The van der Waals surface area contributed by atoms with Gasteiger partial charge in [0.05, 0.1) is 15.8 Å². The quantitative estimate of drug-likeness (QED) is 0.168. The van der Waals surface area contributed by atoms with E-state index < -0.39 is 5.41 Å². The summed E-state index contributed by atoms with van der Waals surface area (Å²) >= 11 is 1.86. The highest BCUT2D eigenvalue weighted by atomic mass is 32.1. The Morgan fingerprint density at radius 2 is 1.02 bits per heavy atom. The van der Waals surface area contributed by atoms with Gasteiger partial charge < -0.3 is 9.32 Å². The Kier molecular flexibility index (Phi) is 7.35. The van der Waals surface area contributed by atoms with Crippen LogP contribution in [0.2, 0.25) is 0 Å². The van der Waals surface area contributed by atoms with Crippen molar-refractivity contribution in [1.29, 1.82) is 0 Å². The van der Waals surface area contributed by atoms with Crippen LogP contribution >= 0.6 is 11.3 Å². The number of nitrogens with zero attached hydrogens (tertiary/aromatic N) is 1. The molecule has 0 radical (unpaired) electrons. The van der Waals surface area contributed by atoms with Crippen molar-refractivity contribution in [2.24, 2.45) is 0 Å². The number of para-hydroxylation sites is 2. The van der Waals surface area contributed by atoms with Crippen molar-refractivity contribution in [2.75, 3.05) is 4.90 Å². The van der Waals surface area contributed by atoms with Gasteiger partial charge in [0.1, 0.15) is 11.2 Å². The number of fused-ring (bicyclic) bond motifs is 9. The van der Waals surface area contributed by atoms with Gasteiger partial charge in [0.25, 0.3) is 0 Å². The van der Waals surface area contributed by atoms with Crippen LogP contribution < -0.4 is 4.90 Å². The number of thiophene rings is 1. The molecular formula is C55H35NOS. The lowest BCUT2D eigenvalue weighted by Crippen LogP contribution is -2.28. The second-order valence-corrected chi connectivity index (χ2v) is 16.2. The van der Waals surface area contributed by atoms with Crippen molar-refractivity contribution >= 4 is 70.5 Å². The van der Waals surface area contributed by atoms with E-state index in [1.54, 1.807) is 0 Å². The average Bonchev–Trinajstić information content (AvgIpc) is 3.96. The molecule has 272 valence electrons. The number of rotatable bonds is 6. The topological polar surface area (TPSA) is 16.4 Å². The summed E-state index contributed by atoms with van der Waals surface area (Å²) in [5, 5.41) is 4.84. The van der Waals surface area contributed by atoms with Crippen LogP contribution in [0.4, 0.5) is 17.1 Å². The molecule has 12 rings (SSSR count). The maximum atomic E-state index is 6.47. The molecule has 0 bridgehead atoms. The molecule has 11 aromatic rings. The predicted molar refractivity (Wildman–Crippen MR) is 244 cm³/mol. The van der Waals surface area contributed by atoms with Gasteiger partial charge in [-0.25, -0.2) is 0 Å². The SMILES string of the molecule is c1ccc(C2(c3ccccc3)c3ccccc3-c3cc(N(c4ccc(-c5cccc6c5oc5ccccc56)cc4)c4cccc5c4sc4ccccc45)ccc32)cc1.